The molecule has 57 heavy (non-hydrogen) atoms. The summed E-state index contributed by atoms with van der Waals surface area (Å²) in [7, 11) is 7.66. The number of carbonyl (C=O) groups excluding carboxylic acids is 2. The molecule has 0 fully saturated rings. The van der Waals surface area contributed by atoms with Gasteiger partial charge in [-0.25, -0.2) is 20.0 Å². The predicted molar refractivity (Wildman–Crippen MR) is 211 cm³/mol. The zero-order valence-corrected chi connectivity index (χ0v) is 34.6. The fourth-order valence-electron chi connectivity index (χ4n) is 4.40. The number of amides is 1. The molecule has 0 spiro atoms. The SMILES string of the molecule is COCCOCCN(CCOCCOC)c1nc(NNC(=O)OC(C)(C)C)cc(NNc2cc(C(=O)OC)nc(N(CCOCCOC)CCOCCOC)n2)n1. The summed E-state index contributed by atoms with van der Waals surface area (Å²) in [4.78, 5) is 47.5. The first-order chi connectivity index (χ1) is 27.5. The van der Waals surface area contributed by atoms with Gasteiger partial charge in [0.15, 0.2) is 23.1 Å². The minimum atomic E-state index is -0.731. The van der Waals surface area contributed by atoms with E-state index >= 15 is 0 Å². The van der Waals surface area contributed by atoms with Gasteiger partial charge in [-0.3, -0.25) is 16.3 Å². The van der Waals surface area contributed by atoms with E-state index in [0.29, 0.717) is 105 Å². The summed E-state index contributed by atoms with van der Waals surface area (Å²) in [6, 6.07) is 2.97. The number of carbonyl (C=O) groups is 2. The van der Waals surface area contributed by atoms with E-state index in [1.165, 1.54) is 13.2 Å². The van der Waals surface area contributed by atoms with Gasteiger partial charge in [0.05, 0.1) is 86.4 Å². The molecule has 0 atom stereocenters. The fourth-order valence-corrected chi connectivity index (χ4v) is 4.40. The first-order valence-electron chi connectivity index (χ1n) is 18.4. The van der Waals surface area contributed by atoms with Crippen LogP contribution in [0.1, 0.15) is 31.3 Å². The molecule has 0 aliphatic carbocycles. The van der Waals surface area contributed by atoms with Crippen LogP contribution in [0.4, 0.5) is 34.1 Å². The summed E-state index contributed by atoms with van der Waals surface area (Å²) in [5, 5.41) is 0. The molecule has 2 rings (SSSR count). The van der Waals surface area contributed by atoms with E-state index < -0.39 is 17.7 Å². The Hall–Kier alpha value is -4.42. The Bertz CT molecular complexity index is 1380. The van der Waals surface area contributed by atoms with Crippen molar-refractivity contribution in [1.29, 1.82) is 0 Å². The molecule has 0 aliphatic heterocycles. The Morgan fingerprint density at radius 2 is 0.930 bits per heavy atom. The molecule has 324 valence electrons. The van der Waals surface area contributed by atoms with Crippen molar-refractivity contribution in [3.8, 4) is 0 Å². The highest BCUT2D eigenvalue weighted by molar-refractivity contribution is 5.88. The Labute approximate surface area is 334 Å². The average molecular weight is 815 g/mol. The van der Waals surface area contributed by atoms with E-state index in [1.807, 2.05) is 9.80 Å². The maximum atomic E-state index is 12.8. The van der Waals surface area contributed by atoms with E-state index in [1.54, 1.807) is 55.3 Å². The molecule has 0 saturated heterocycles. The molecular weight excluding hydrogens is 752 g/mol. The van der Waals surface area contributed by atoms with Gasteiger partial charge < -0.3 is 57.2 Å². The van der Waals surface area contributed by atoms with Crippen LogP contribution in [0.2, 0.25) is 0 Å². The summed E-state index contributed by atoms with van der Waals surface area (Å²) in [6.45, 7) is 11.5. The Morgan fingerprint density at radius 1 is 0.544 bits per heavy atom. The number of rotatable bonds is 32. The zero-order chi connectivity index (χ0) is 41.7. The third kappa shape index (κ3) is 21.6. The van der Waals surface area contributed by atoms with Gasteiger partial charge in [0.25, 0.3) is 0 Å². The maximum Gasteiger partial charge on any atom is 0.426 e. The largest absolute Gasteiger partial charge is 0.464 e. The number of methoxy groups -OCH3 is 5. The molecule has 1 amide bonds. The van der Waals surface area contributed by atoms with Gasteiger partial charge in [-0.15, -0.1) is 0 Å². The van der Waals surface area contributed by atoms with Gasteiger partial charge in [-0.2, -0.15) is 15.0 Å². The second-order valence-corrected chi connectivity index (χ2v) is 12.8. The van der Waals surface area contributed by atoms with Crippen LogP contribution in [0.25, 0.3) is 0 Å². The van der Waals surface area contributed by atoms with Crippen molar-refractivity contribution in [2.75, 3.05) is 167 Å². The molecule has 0 bridgehead atoms. The minimum absolute atomic E-state index is 0.00202. The number of hydrazine groups is 2. The molecule has 2 heterocycles. The summed E-state index contributed by atoms with van der Waals surface area (Å²) in [5.41, 5.74) is 10.6. The topological polar surface area (TPSA) is 233 Å². The van der Waals surface area contributed by atoms with Crippen LogP contribution in [0.3, 0.4) is 0 Å². The third-order valence-corrected chi connectivity index (χ3v) is 7.15. The van der Waals surface area contributed by atoms with Gasteiger partial charge in [-0.05, 0) is 20.8 Å². The van der Waals surface area contributed by atoms with Gasteiger partial charge in [-0.1, -0.05) is 0 Å². The second kappa shape index (κ2) is 28.9. The second-order valence-electron chi connectivity index (χ2n) is 12.8. The van der Waals surface area contributed by atoms with Crippen molar-refractivity contribution in [1.82, 2.24) is 25.4 Å². The molecule has 0 unspecified atom stereocenters. The number of ether oxygens (including phenoxy) is 10. The number of hydrogen-bond donors (Lipinski definition) is 4. The number of nitrogens with zero attached hydrogens (tertiary/aromatic N) is 6. The highest BCUT2D eigenvalue weighted by atomic mass is 16.6. The van der Waals surface area contributed by atoms with Crippen molar-refractivity contribution in [2.45, 2.75) is 26.4 Å². The van der Waals surface area contributed by atoms with Gasteiger partial charge in [0, 0.05) is 66.8 Å². The van der Waals surface area contributed by atoms with Crippen molar-refractivity contribution >= 4 is 41.4 Å². The Balaban J connectivity index is 2.45. The molecule has 22 nitrogen and oxygen atoms in total. The van der Waals surface area contributed by atoms with E-state index in [9.17, 15) is 9.59 Å². The molecule has 22 heteroatoms. The van der Waals surface area contributed by atoms with Crippen LogP contribution in [-0.2, 0) is 47.4 Å². The van der Waals surface area contributed by atoms with E-state index in [0.717, 1.165) is 0 Å². The van der Waals surface area contributed by atoms with Crippen LogP contribution in [0, 0.1) is 0 Å². The normalized spacial score (nSPS) is 11.2. The number of hydrogen-bond acceptors (Lipinski definition) is 21. The van der Waals surface area contributed by atoms with Crippen LogP contribution < -0.4 is 31.5 Å². The highest BCUT2D eigenvalue weighted by Gasteiger charge is 2.20. The maximum absolute atomic E-state index is 12.8. The van der Waals surface area contributed by atoms with E-state index in [4.69, 9.17) is 52.4 Å². The smallest absolute Gasteiger partial charge is 0.426 e. The first kappa shape index (κ1) is 48.7. The minimum Gasteiger partial charge on any atom is -0.464 e. The highest BCUT2D eigenvalue weighted by Crippen LogP contribution is 2.20. The van der Waals surface area contributed by atoms with Crippen molar-refractivity contribution in [3.63, 3.8) is 0 Å². The molecule has 4 N–H and O–H groups in total. The molecule has 0 saturated carbocycles. The lowest BCUT2D eigenvalue weighted by atomic mass is 10.2. The number of anilines is 5. The standard InChI is InChI=1S/C35H62N10O12/c1-35(2,3)57-34(47)43-42-30-26-29(38-33(39-30)45(11-15-55-23-19-50-6)12-16-56-24-20-51-7)41-40-28-25-27(31(46)52-8)36-32(37-28)44(9-13-53-21-17-48-4)10-14-54-22-18-49-5/h25-26H,9-24H2,1-8H3,(H,43,47)(H,36,37,40)(H2,38,39,41,42). The summed E-state index contributed by atoms with van der Waals surface area (Å²) in [6.07, 6.45) is -0.716. The van der Waals surface area contributed by atoms with Crippen LogP contribution in [0.5, 0.6) is 0 Å². The number of esters is 1. The number of aromatic nitrogens is 4. The predicted octanol–water partition coefficient (Wildman–Crippen LogP) is 1.61. The van der Waals surface area contributed by atoms with Crippen molar-refractivity contribution in [2.24, 2.45) is 0 Å². The van der Waals surface area contributed by atoms with E-state index in [-0.39, 0.29) is 35.0 Å². The third-order valence-electron chi connectivity index (χ3n) is 7.15. The molecule has 0 aliphatic rings. The van der Waals surface area contributed by atoms with Crippen molar-refractivity contribution in [3.05, 3.63) is 17.8 Å². The van der Waals surface area contributed by atoms with Crippen LogP contribution in [0.15, 0.2) is 12.1 Å². The quantitative estimate of drug-likeness (QED) is 0.0467. The summed E-state index contributed by atoms with van der Waals surface area (Å²) < 4.78 is 53.6. The average Bonchev–Trinajstić information content (AvgIpc) is 3.19. The van der Waals surface area contributed by atoms with Crippen molar-refractivity contribution < 1.29 is 57.0 Å². The summed E-state index contributed by atoms with van der Waals surface area (Å²) >= 11 is 0. The van der Waals surface area contributed by atoms with Gasteiger partial charge >= 0.3 is 12.1 Å². The number of nitrogens with one attached hydrogen (secondary N) is 4. The molecule has 2 aromatic heterocycles. The lowest BCUT2D eigenvalue weighted by Gasteiger charge is -2.25. The lowest BCUT2D eigenvalue weighted by Crippen LogP contribution is -2.37. The Kier molecular flexibility index (Phi) is 24.7. The first-order valence-corrected chi connectivity index (χ1v) is 18.4. The molecular formula is C35H62N10O12. The molecule has 0 radical (unpaired) electrons. The monoisotopic (exact) mass is 814 g/mol. The molecule has 2 aromatic rings. The fraction of sp³-hybridized carbons (Fsp3) is 0.714. The van der Waals surface area contributed by atoms with Crippen LogP contribution >= 0.6 is 0 Å². The van der Waals surface area contributed by atoms with Gasteiger partial charge in [0.1, 0.15) is 5.60 Å². The van der Waals surface area contributed by atoms with Gasteiger partial charge in [0.2, 0.25) is 11.9 Å². The zero-order valence-electron chi connectivity index (χ0n) is 34.6. The lowest BCUT2D eigenvalue weighted by molar-refractivity contribution is 0.0539. The Morgan fingerprint density at radius 3 is 1.32 bits per heavy atom. The molecule has 0 aromatic carbocycles. The summed E-state index contributed by atoms with van der Waals surface area (Å²) in [5.74, 6) is 0.499. The van der Waals surface area contributed by atoms with Crippen LogP contribution in [-0.4, -0.2) is 179 Å². The van der Waals surface area contributed by atoms with E-state index in [2.05, 4.69) is 36.7 Å².